The summed E-state index contributed by atoms with van der Waals surface area (Å²) in [7, 11) is 0. The highest BCUT2D eigenvalue weighted by Crippen LogP contribution is 2.26. The van der Waals surface area contributed by atoms with E-state index in [1.807, 2.05) is 60.7 Å². The van der Waals surface area contributed by atoms with E-state index in [0.29, 0.717) is 12.0 Å². The van der Waals surface area contributed by atoms with Gasteiger partial charge in [0.2, 0.25) is 0 Å². The first-order valence-electron chi connectivity index (χ1n) is 9.59. The summed E-state index contributed by atoms with van der Waals surface area (Å²) in [6.45, 7) is 0. The molecule has 28 heavy (non-hydrogen) atoms. The minimum atomic E-state index is -0.151. The second kappa shape index (κ2) is 8.09. The van der Waals surface area contributed by atoms with E-state index >= 15 is 0 Å². The van der Waals surface area contributed by atoms with Gasteiger partial charge in [-0.2, -0.15) is 0 Å². The SMILES string of the molecule is O=C(Nc1ccccc1)c1cccc(Nc2ccc3c(c2)CCCCC3=O)c1. The molecule has 0 unspecified atom stereocenters. The van der Waals surface area contributed by atoms with Crippen LogP contribution in [0.25, 0.3) is 0 Å². The lowest BCUT2D eigenvalue weighted by Gasteiger charge is -2.12. The fourth-order valence-electron chi connectivity index (χ4n) is 3.52. The van der Waals surface area contributed by atoms with Crippen LogP contribution in [0.4, 0.5) is 17.1 Å². The van der Waals surface area contributed by atoms with E-state index in [-0.39, 0.29) is 11.7 Å². The molecule has 4 nitrogen and oxygen atoms in total. The van der Waals surface area contributed by atoms with Crippen LogP contribution in [0, 0.1) is 0 Å². The van der Waals surface area contributed by atoms with Crippen LogP contribution in [-0.4, -0.2) is 11.7 Å². The van der Waals surface area contributed by atoms with Gasteiger partial charge in [0.1, 0.15) is 0 Å². The van der Waals surface area contributed by atoms with Crippen LogP contribution in [0.1, 0.15) is 45.5 Å². The Morgan fingerprint density at radius 3 is 2.36 bits per heavy atom. The predicted octanol–water partition coefficient (Wildman–Crippen LogP) is 5.59. The Balaban J connectivity index is 1.51. The third kappa shape index (κ3) is 4.12. The van der Waals surface area contributed by atoms with Gasteiger partial charge in [-0.05, 0) is 73.4 Å². The monoisotopic (exact) mass is 370 g/mol. The lowest BCUT2D eigenvalue weighted by atomic mass is 10.0. The predicted molar refractivity (Wildman–Crippen MR) is 112 cm³/mol. The van der Waals surface area contributed by atoms with Crippen molar-refractivity contribution in [2.75, 3.05) is 10.6 Å². The van der Waals surface area contributed by atoms with Crippen LogP contribution >= 0.6 is 0 Å². The van der Waals surface area contributed by atoms with Gasteiger partial charge in [-0.3, -0.25) is 9.59 Å². The van der Waals surface area contributed by atoms with Crippen LogP contribution in [0.3, 0.4) is 0 Å². The topological polar surface area (TPSA) is 58.2 Å². The van der Waals surface area contributed by atoms with Crippen molar-refractivity contribution in [1.82, 2.24) is 0 Å². The van der Waals surface area contributed by atoms with E-state index in [2.05, 4.69) is 16.7 Å². The van der Waals surface area contributed by atoms with Crippen LogP contribution < -0.4 is 10.6 Å². The van der Waals surface area contributed by atoms with Gasteiger partial charge in [0.25, 0.3) is 5.91 Å². The molecule has 4 heteroatoms. The normalized spacial score (nSPS) is 13.4. The molecule has 1 aliphatic carbocycles. The van der Waals surface area contributed by atoms with Crippen molar-refractivity contribution in [2.45, 2.75) is 25.7 Å². The first-order valence-corrected chi connectivity index (χ1v) is 9.59. The van der Waals surface area contributed by atoms with Crippen LogP contribution in [0.15, 0.2) is 72.8 Å². The molecule has 0 spiro atoms. The molecule has 1 aliphatic rings. The van der Waals surface area contributed by atoms with Crippen molar-refractivity contribution in [1.29, 1.82) is 0 Å². The molecule has 0 saturated carbocycles. The number of anilines is 3. The highest BCUT2D eigenvalue weighted by Gasteiger charge is 2.15. The number of fused-ring (bicyclic) bond motifs is 1. The van der Waals surface area contributed by atoms with Crippen LogP contribution in [0.5, 0.6) is 0 Å². The molecule has 0 radical (unpaired) electrons. The molecule has 3 aromatic rings. The Labute approximate surface area is 164 Å². The summed E-state index contributed by atoms with van der Waals surface area (Å²) in [6, 6.07) is 22.7. The van der Waals surface area contributed by atoms with E-state index in [1.165, 1.54) is 0 Å². The second-order valence-corrected chi connectivity index (χ2v) is 7.03. The molecular formula is C24H22N2O2. The quantitative estimate of drug-likeness (QED) is 0.589. The molecule has 3 aromatic carbocycles. The van der Waals surface area contributed by atoms with Crippen molar-refractivity contribution >= 4 is 28.8 Å². The van der Waals surface area contributed by atoms with Crippen LogP contribution in [0.2, 0.25) is 0 Å². The number of carbonyl (C=O) groups is 2. The van der Waals surface area contributed by atoms with Gasteiger partial charge in [0.05, 0.1) is 0 Å². The number of ketones is 1. The number of Topliss-reactive ketones (excluding diaryl/α,β-unsaturated/α-hetero) is 1. The number of aryl methyl sites for hydroxylation is 1. The van der Waals surface area contributed by atoms with Gasteiger partial charge in [0, 0.05) is 34.6 Å². The molecule has 140 valence electrons. The maximum atomic E-state index is 12.5. The Bertz CT molecular complexity index is 1010. The smallest absolute Gasteiger partial charge is 0.255 e. The molecule has 4 rings (SSSR count). The number of para-hydroxylation sites is 1. The average molecular weight is 370 g/mol. The minimum absolute atomic E-state index is 0.151. The van der Waals surface area contributed by atoms with Gasteiger partial charge in [-0.15, -0.1) is 0 Å². The summed E-state index contributed by atoms with van der Waals surface area (Å²) in [4.78, 5) is 24.7. The fraction of sp³-hybridized carbons (Fsp3) is 0.167. The van der Waals surface area contributed by atoms with Gasteiger partial charge in [-0.1, -0.05) is 24.3 Å². The number of carbonyl (C=O) groups excluding carboxylic acids is 2. The van der Waals surface area contributed by atoms with Crippen molar-refractivity contribution < 1.29 is 9.59 Å². The Morgan fingerprint density at radius 2 is 1.50 bits per heavy atom. The van der Waals surface area contributed by atoms with E-state index < -0.39 is 0 Å². The van der Waals surface area contributed by atoms with Gasteiger partial charge < -0.3 is 10.6 Å². The summed E-state index contributed by atoms with van der Waals surface area (Å²) in [5.41, 5.74) is 5.05. The highest BCUT2D eigenvalue weighted by atomic mass is 16.1. The highest BCUT2D eigenvalue weighted by molar-refractivity contribution is 6.05. The fourth-order valence-corrected chi connectivity index (χ4v) is 3.52. The average Bonchev–Trinajstić information content (AvgIpc) is 2.90. The third-order valence-corrected chi connectivity index (χ3v) is 4.95. The summed E-state index contributed by atoms with van der Waals surface area (Å²) >= 11 is 0. The summed E-state index contributed by atoms with van der Waals surface area (Å²) in [6.07, 6.45) is 3.56. The van der Waals surface area contributed by atoms with E-state index in [1.54, 1.807) is 6.07 Å². The first kappa shape index (κ1) is 18.0. The molecule has 0 aromatic heterocycles. The number of hydrogen-bond donors (Lipinski definition) is 2. The van der Waals surface area contributed by atoms with E-state index in [0.717, 1.165) is 47.5 Å². The lowest BCUT2D eigenvalue weighted by molar-refractivity contribution is 0.0980. The van der Waals surface area contributed by atoms with Crippen molar-refractivity contribution in [2.24, 2.45) is 0 Å². The molecule has 0 saturated heterocycles. The molecule has 0 fully saturated rings. The zero-order chi connectivity index (χ0) is 19.3. The van der Waals surface area contributed by atoms with E-state index in [4.69, 9.17) is 0 Å². The van der Waals surface area contributed by atoms with Crippen molar-refractivity contribution in [3.05, 3.63) is 89.5 Å². The molecule has 0 heterocycles. The molecule has 0 aliphatic heterocycles. The standard InChI is InChI=1S/C24H22N2O2/c27-23-12-5-4-7-17-15-21(13-14-22(17)23)25-20-11-6-8-18(16-20)24(28)26-19-9-2-1-3-10-19/h1-3,6,8-11,13-16,25H,4-5,7,12H2,(H,26,28). The molecule has 1 amide bonds. The molecule has 0 atom stereocenters. The first-order chi connectivity index (χ1) is 13.7. The number of hydrogen-bond acceptors (Lipinski definition) is 3. The molecule has 0 bridgehead atoms. The number of rotatable bonds is 4. The largest absolute Gasteiger partial charge is 0.355 e. The summed E-state index contributed by atoms with van der Waals surface area (Å²) < 4.78 is 0. The number of nitrogens with one attached hydrogen (secondary N) is 2. The second-order valence-electron chi connectivity index (χ2n) is 7.03. The summed E-state index contributed by atoms with van der Waals surface area (Å²) in [5.74, 6) is 0.0843. The maximum Gasteiger partial charge on any atom is 0.255 e. The van der Waals surface area contributed by atoms with E-state index in [9.17, 15) is 9.59 Å². The minimum Gasteiger partial charge on any atom is -0.355 e. The number of amides is 1. The number of benzene rings is 3. The van der Waals surface area contributed by atoms with Crippen molar-refractivity contribution in [3.63, 3.8) is 0 Å². The molecular weight excluding hydrogens is 348 g/mol. The third-order valence-electron chi connectivity index (χ3n) is 4.95. The zero-order valence-corrected chi connectivity index (χ0v) is 15.6. The van der Waals surface area contributed by atoms with Gasteiger partial charge >= 0.3 is 0 Å². The Hall–Kier alpha value is -3.40. The maximum absolute atomic E-state index is 12.5. The molecule has 2 N–H and O–H groups in total. The van der Waals surface area contributed by atoms with Crippen LogP contribution in [-0.2, 0) is 6.42 Å². The van der Waals surface area contributed by atoms with Gasteiger partial charge in [0.15, 0.2) is 5.78 Å². The van der Waals surface area contributed by atoms with Gasteiger partial charge in [-0.25, -0.2) is 0 Å². The Kier molecular flexibility index (Phi) is 5.20. The zero-order valence-electron chi connectivity index (χ0n) is 15.6. The lowest BCUT2D eigenvalue weighted by Crippen LogP contribution is -2.11. The summed E-state index contributed by atoms with van der Waals surface area (Å²) in [5, 5.41) is 6.25. The van der Waals surface area contributed by atoms with Crippen molar-refractivity contribution in [3.8, 4) is 0 Å². The Morgan fingerprint density at radius 1 is 0.750 bits per heavy atom.